The number of carbonyl (C=O) groups excluding carboxylic acids is 2. The third-order valence-electron chi connectivity index (χ3n) is 6.43. The van der Waals surface area contributed by atoms with Crippen molar-refractivity contribution in [3.63, 3.8) is 0 Å². The minimum atomic E-state index is -0.141. The Balaban J connectivity index is 1.39. The number of hydrogen-bond donors (Lipinski definition) is 0. The van der Waals surface area contributed by atoms with Crippen LogP contribution in [0.3, 0.4) is 0 Å². The lowest BCUT2D eigenvalue weighted by Gasteiger charge is -2.28. The number of aromatic nitrogens is 3. The Hall–Kier alpha value is -3.46. The minimum Gasteiger partial charge on any atom is -0.490 e. The Morgan fingerprint density at radius 1 is 1.34 bits per heavy atom. The lowest BCUT2D eigenvalue weighted by Crippen LogP contribution is -2.37. The van der Waals surface area contributed by atoms with Crippen molar-refractivity contribution >= 4 is 23.2 Å². The Kier molecular flexibility index (Phi) is 6.68. The van der Waals surface area contributed by atoms with Crippen LogP contribution in [0.15, 0.2) is 47.8 Å². The van der Waals surface area contributed by atoms with Gasteiger partial charge in [-0.25, -0.2) is 4.98 Å². The van der Waals surface area contributed by atoms with Gasteiger partial charge in [-0.1, -0.05) is 18.7 Å². The molecule has 1 aliphatic carbocycles. The summed E-state index contributed by atoms with van der Waals surface area (Å²) < 4.78 is 7.62. The highest BCUT2D eigenvalue weighted by atomic mass is 32.1. The molecule has 0 saturated heterocycles. The van der Waals surface area contributed by atoms with Crippen molar-refractivity contribution in [2.75, 3.05) is 20.2 Å². The normalized spacial score (nSPS) is 14.9. The van der Waals surface area contributed by atoms with Gasteiger partial charge in [0.25, 0.3) is 11.8 Å². The van der Waals surface area contributed by atoms with Gasteiger partial charge in [0.2, 0.25) is 0 Å². The van der Waals surface area contributed by atoms with Crippen molar-refractivity contribution in [1.29, 1.82) is 0 Å². The minimum absolute atomic E-state index is 0.0797. The number of ether oxygens (including phenoxy) is 1. The van der Waals surface area contributed by atoms with Gasteiger partial charge in [-0.2, -0.15) is 5.10 Å². The van der Waals surface area contributed by atoms with Crippen LogP contribution in [0.4, 0.5) is 0 Å². The van der Waals surface area contributed by atoms with Crippen LogP contribution in [0.1, 0.15) is 50.6 Å². The average molecular weight is 492 g/mol. The summed E-state index contributed by atoms with van der Waals surface area (Å²) in [6.45, 7) is 6.25. The maximum absolute atomic E-state index is 13.4. The molecule has 182 valence electrons. The number of carbonyl (C=O) groups is 2. The quantitative estimate of drug-likeness (QED) is 0.426. The van der Waals surface area contributed by atoms with Crippen LogP contribution < -0.4 is 4.74 Å². The SMILES string of the molecule is C=CCOc1cccc(C(=O)N2CCc3c(c(C(=O)N(C)Cc4cscn4)nn3CC3CC3)C2)c1. The largest absolute Gasteiger partial charge is 0.490 e. The summed E-state index contributed by atoms with van der Waals surface area (Å²) in [6, 6.07) is 7.19. The monoisotopic (exact) mass is 491 g/mol. The van der Waals surface area contributed by atoms with Crippen LogP contribution in [0, 0.1) is 5.92 Å². The molecule has 0 N–H and O–H groups in total. The number of thiazole rings is 1. The van der Waals surface area contributed by atoms with Crippen molar-refractivity contribution in [3.05, 3.63) is 76.0 Å². The fourth-order valence-electron chi connectivity index (χ4n) is 4.40. The molecule has 0 radical (unpaired) electrons. The van der Waals surface area contributed by atoms with Crippen LogP contribution >= 0.6 is 11.3 Å². The Morgan fingerprint density at radius 3 is 2.94 bits per heavy atom. The molecule has 3 aromatic rings. The second-order valence-corrected chi connectivity index (χ2v) is 9.86. The van der Waals surface area contributed by atoms with Gasteiger partial charge in [-0.15, -0.1) is 11.3 Å². The number of benzene rings is 1. The fourth-order valence-corrected chi connectivity index (χ4v) is 4.95. The van der Waals surface area contributed by atoms with E-state index in [1.165, 1.54) is 24.2 Å². The summed E-state index contributed by atoms with van der Waals surface area (Å²) in [5, 5.41) is 6.72. The molecule has 8 nitrogen and oxygen atoms in total. The summed E-state index contributed by atoms with van der Waals surface area (Å²) >= 11 is 1.51. The predicted octanol–water partition coefficient (Wildman–Crippen LogP) is 3.79. The molecule has 0 spiro atoms. The molecule has 0 atom stereocenters. The van der Waals surface area contributed by atoms with Crippen molar-refractivity contribution in [1.82, 2.24) is 24.6 Å². The summed E-state index contributed by atoms with van der Waals surface area (Å²) in [5.41, 5.74) is 5.56. The first-order chi connectivity index (χ1) is 17.0. The zero-order valence-electron chi connectivity index (χ0n) is 19.9. The summed E-state index contributed by atoms with van der Waals surface area (Å²) in [4.78, 5) is 34.6. The van der Waals surface area contributed by atoms with E-state index >= 15 is 0 Å². The second kappa shape index (κ2) is 10.0. The third-order valence-corrected chi connectivity index (χ3v) is 7.07. The molecule has 9 heteroatoms. The number of fused-ring (bicyclic) bond motifs is 1. The summed E-state index contributed by atoms with van der Waals surface area (Å²) in [6.07, 6.45) is 4.76. The highest BCUT2D eigenvalue weighted by Gasteiger charge is 2.33. The van der Waals surface area contributed by atoms with E-state index < -0.39 is 0 Å². The van der Waals surface area contributed by atoms with Crippen LogP contribution in [0.2, 0.25) is 0 Å². The van der Waals surface area contributed by atoms with E-state index in [2.05, 4.69) is 11.6 Å². The number of rotatable bonds is 9. The molecule has 2 amide bonds. The van der Waals surface area contributed by atoms with Crippen LogP contribution in [0.5, 0.6) is 5.75 Å². The third kappa shape index (κ3) is 5.14. The number of nitrogens with zero attached hydrogens (tertiary/aromatic N) is 5. The molecule has 0 unspecified atom stereocenters. The Labute approximate surface area is 208 Å². The van der Waals surface area contributed by atoms with E-state index in [1.54, 1.807) is 40.6 Å². The summed E-state index contributed by atoms with van der Waals surface area (Å²) in [7, 11) is 1.77. The van der Waals surface area contributed by atoms with E-state index in [0.29, 0.717) is 55.6 Å². The molecule has 1 saturated carbocycles. The number of amides is 2. The van der Waals surface area contributed by atoms with Gasteiger partial charge in [0, 0.05) is 48.8 Å². The maximum Gasteiger partial charge on any atom is 0.274 e. The first kappa shape index (κ1) is 23.3. The van der Waals surface area contributed by atoms with Crippen molar-refractivity contribution in [3.8, 4) is 5.75 Å². The molecule has 1 fully saturated rings. The van der Waals surface area contributed by atoms with E-state index in [1.807, 2.05) is 22.2 Å². The van der Waals surface area contributed by atoms with Crippen molar-refractivity contribution in [2.45, 2.75) is 38.9 Å². The molecule has 2 aliphatic rings. The van der Waals surface area contributed by atoms with Crippen LogP contribution in [-0.2, 0) is 26.1 Å². The highest BCUT2D eigenvalue weighted by molar-refractivity contribution is 7.07. The molecule has 2 aromatic heterocycles. The smallest absolute Gasteiger partial charge is 0.274 e. The van der Waals surface area contributed by atoms with Gasteiger partial charge in [0.05, 0.1) is 24.3 Å². The van der Waals surface area contributed by atoms with Crippen LogP contribution in [-0.4, -0.2) is 56.6 Å². The average Bonchev–Trinajstić information content (AvgIpc) is 3.41. The maximum atomic E-state index is 13.4. The van der Waals surface area contributed by atoms with E-state index in [4.69, 9.17) is 9.84 Å². The molecule has 35 heavy (non-hydrogen) atoms. The summed E-state index contributed by atoms with van der Waals surface area (Å²) in [5.74, 6) is 1.04. The van der Waals surface area contributed by atoms with Crippen LogP contribution in [0.25, 0.3) is 0 Å². The molecule has 3 heterocycles. The number of hydrogen-bond acceptors (Lipinski definition) is 6. The first-order valence-electron chi connectivity index (χ1n) is 11.9. The molecular weight excluding hydrogens is 462 g/mol. The molecular formula is C26H29N5O3S. The predicted molar refractivity (Wildman–Crippen MR) is 133 cm³/mol. The van der Waals surface area contributed by atoms with Gasteiger partial charge in [-0.3, -0.25) is 14.3 Å². The molecule has 0 bridgehead atoms. The molecule has 5 rings (SSSR count). The fraction of sp³-hybridized carbons (Fsp3) is 0.385. The van der Waals surface area contributed by atoms with Crippen molar-refractivity contribution < 1.29 is 14.3 Å². The zero-order valence-corrected chi connectivity index (χ0v) is 20.7. The van der Waals surface area contributed by atoms with Crippen molar-refractivity contribution in [2.24, 2.45) is 5.92 Å². The first-order valence-corrected chi connectivity index (χ1v) is 12.8. The van der Waals surface area contributed by atoms with Gasteiger partial charge < -0.3 is 14.5 Å². The van der Waals surface area contributed by atoms with Gasteiger partial charge >= 0.3 is 0 Å². The lowest BCUT2D eigenvalue weighted by atomic mass is 10.0. The Morgan fingerprint density at radius 2 is 2.20 bits per heavy atom. The lowest BCUT2D eigenvalue weighted by molar-refractivity contribution is 0.0720. The van der Waals surface area contributed by atoms with Gasteiger partial charge in [0.1, 0.15) is 12.4 Å². The van der Waals surface area contributed by atoms with E-state index in [9.17, 15) is 9.59 Å². The zero-order chi connectivity index (χ0) is 24.4. The van der Waals surface area contributed by atoms with Gasteiger partial charge in [0.15, 0.2) is 5.69 Å². The molecule has 1 aliphatic heterocycles. The van der Waals surface area contributed by atoms with Gasteiger partial charge in [-0.05, 0) is 37.0 Å². The molecule has 1 aromatic carbocycles. The topological polar surface area (TPSA) is 80.6 Å². The van der Waals surface area contributed by atoms with E-state index in [-0.39, 0.29) is 11.8 Å². The standard InChI is InChI=1S/C26H29N5O3S/c1-3-11-34-21-6-4-5-19(12-21)25(32)30-10-9-23-22(15-30)24(28-31(23)13-18-7-8-18)26(33)29(2)14-20-16-35-17-27-20/h3-6,12,16-18H,1,7-11,13-15H2,2H3. The Bertz CT molecular complexity index is 1230. The van der Waals surface area contributed by atoms with E-state index in [0.717, 1.165) is 23.5 Å². The second-order valence-electron chi connectivity index (χ2n) is 9.14. The highest BCUT2D eigenvalue weighted by Crippen LogP contribution is 2.33.